The normalized spacial score (nSPS) is 15.0. The Morgan fingerprint density at radius 3 is 2.28 bits per heavy atom. The summed E-state index contributed by atoms with van der Waals surface area (Å²) in [5.41, 5.74) is 1.84. The van der Waals surface area contributed by atoms with Crippen LogP contribution in [-0.4, -0.2) is 42.9 Å². The number of hydrogen-bond donors (Lipinski definition) is 2. The molecule has 9 heteroatoms. The van der Waals surface area contributed by atoms with Crippen molar-refractivity contribution in [3.63, 3.8) is 0 Å². The van der Waals surface area contributed by atoms with Crippen LogP contribution in [0.2, 0.25) is 0 Å². The van der Waals surface area contributed by atoms with Crippen LogP contribution in [0.25, 0.3) is 5.69 Å². The van der Waals surface area contributed by atoms with Gasteiger partial charge in [0.1, 0.15) is 17.1 Å². The number of ether oxygens (including phenoxy) is 3. The third-order valence-electron chi connectivity index (χ3n) is 5.47. The third kappa shape index (κ3) is 3.51. The Balaban J connectivity index is 2.00. The molecule has 0 aliphatic carbocycles. The molecule has 2 N–H and O–H groups in total. The summed E-state index contributed by atoms with van der Waals surface area (Å²) >= 11 is 0. The maximum Gasteiger partial charge on any atom is 0.339 e. The van der Waals surface area contributed by atoms with Gasteiger partial charge in [-0.15, -0.1) is 0 Å². The molecule has 2 aromatic carbocycles. The van der Waals surface area contributed by atoms with E-state index in [0.717, 1.165) is 0 Å². The van der Waals surface area contributed by atoms with Crippen molar-refractivity contribution >= 4 is 17.6 Å². The molecular formula is C23H21FN2O6. The van der Waals surface area contributed by atoms with Crippen LogP contribution in [0.4, 0.5) is 10.1 Å². The van der Waals surface area contributed by atoms with Crippen LogP contribution < -0.4 is 19.5 Å². The van der Waals surface area contributed by atoms with Crippen LogP contribution in [0.1, 0.15) is 34.0 Å². The van der Waals surface area contributed by atoms with Gasteiger partial charge in [0.2, 0.25) is 5.91 Å². The number of rotatable bonds is 6. The average molecular weight is 440 g/mol. The first kappa shape index (κ1) is 21.2. The number of aromatic carboxylic acids is 1. The molecule has 4 rings (SSSR count). The summed E-state index contributed by atoms with van der Waals surface area (Å²) in [5.74, 6) is -1.16. The highest BCUT2D eigenvalue weighted by Crippen LogP contribution is 2.47. The Labute approximate surface area is 183 Å². The number of halogens is 1. The summed E-state index contributed by atoms with van der Waals surface area (Å²) in [6.07, 6.45) is 1.47. The molecule has 1 aliphatic rings. The largest absolute Gasteiger partial charge is 0.496 e. The highest BCUT2D eigenvalue weighted by Gasteiger charge is 2.36. The molecule has 1 aliphatic heterocycles. The van der Waals surface area contributed by atoms with E-state index in [9.17, 15) is 19.1 Å². The highest BCUT2D eigenvalue weighted by atomic mass is 19.1. The fourth-order valence-electron chi connectivity index (χ4n) is 4.03. The molecule has 1 atom stereocenters. The maximum absolute atomic E-state index is 13.5. The van der Waals surface area contributed by atoms with Crippen LogP contribution in [0.5, 0.6) is 17.2 Å². The highest BCUT2D eigenvalue weighted by molar-refractivity contribution is 6.04. The molecule has 0 radical (unpaired) electrons. The van der Waals surface area contributed by atoms with E-state index in [1.54, 1.807) is 28.8 Å². The molecule has 32 heavy (non-hydrogen) atoms. The number of amides is 1. The van der Waals surface area contributed by atoms with Gasteiger partial charge in [0.25, 0.3) is 0 Å². The van der Waals surface area contributed by atoms with Crippen molar-refractivity contribution in [2.24, 2.45) is 0 Å². The van der Waals surface area contributed by atoms with Crippen molar-refractivity contribution in [3.05, 3.63) is 65.2 Å². The number of carbonyl (C=O) groups excluding carboxylic acids is 1. The number of anilines is 1. The number of carboxylic acids is 1. The van der Waals surface area contributed by atoms with Crippen molar-refractivity contribution in [2.75, 3.05) is 26.6 Å². The quantitative estimate of drug-likeness (QED) is 0.605. The molecule has 166 valence electrons. The predicted molar refractivity (Wildman–Crippen MR) is 114 cm³/mol. The number of hydrogen-bond acceptors (Lipinski definition) is 5. The van der Waals surface area contributed by atoms with Crippen molar-refractivity contribution in [1.82, 2.24) is 4.57 Å². The molecule has 2 heterocycles. The molecule has 0 saturated carbocycles. The lowest BCUT2D eigenvalue weighted by atomic mass is 9.87. The smallest absolute Gasteiger partial charge is 0.339 e. The van der Waals surface area contributed by atoms with E-state index in [-0.39, 0.29) is 23.6 Å². The summed E-state index contributed by atoms with van der Waals surface area (Å²) < 4.78 is 31.5. The van der Waals surface area contributed by atoms with Crippen LogP contribution in [0, 0.1) is 5.82 Å². The van der Waals surface area contributed by atoms with Crippen LogP contribution >= 0.6 is 0 Å². The summed E-state index contributed by atoms with van der Waals surface area (Å²) in [6, 6.07) is 9.03. The van der Waals surface area contributed by atoms with Gasteiger partial charge in [-0.3, -0.25) is 4.79 Å². The minimum absolute atomic E-state index is 0.0448. The SMILES string of the molecule is COc1cc(OC)c([C@@H]2CC(=O)Nc3c(C(=O)O)cn(-c4ccc(F)cc4)c32)cc1OC. The fourth-order valence-corrected chi connectivity index (χ4v) is 4.03. The summed E-state index contributed by atoms with van der Waals surface area (Å²) in [6.45, 7) is 0. The fraction of sp³-hybridized carbons (Fsp3) is 0.217. The first-order valence-corrected chi connectivity index (χ1v) is 9.72. The lowest BCUT2D eigenvalue weighted by Gasteiger charge is -2.28. The lowest BCUT2D eigenvalue weighted by molar-refractivity contribution is -0.116. The standard InChI is InChI=1S/C23H21FN2O6/c1-30-17-10-19(32-3)18(31-2)8-14(17)15-9-20(27)25-21-16(23(28)29)11-26(22(15)21)13-6-4-12(24)5-7-13/h4-8,10-11,15H,9H2,1-3H3,(H,25,27)(H,28,29)/t15-/m0/s1. The van der Waals surface area contributed by atoms with Gasteiger partial charge in [0, 0.05) is 35.9 Å². The monoisotopic (exact) mass is 440 g/mol. The number of carbonyl (C=O) groups is 2. The number of fused-ring (bicyclic) bond motifs is 1. The number of nitrogens with zero attached hydrogens (tertiary/aromatic N) is 1. The second-order valence-electron chi connectivity index (χ2n) is 7.21. The number of nitrogens with one attached hydrogen (secondary N) is 1. The molecule has 0 unspecified atom stereocenters. The van der Waals surface area contributed by atoms with Crippen LogP contribution in [0.3, 0.4) is 0 Å². The zero-order chi connectivity index (χ0) is 23.0. The molecule has 1 amide bonds. The molecule has 1 aromatic heterocycles. The van der Waals surface area contributed by atoms with Crippen molar-refractivity contribution < 1.29 is 33.3 Å². The van der Waals surface area contributed by atoms with Gasteiger partial charge >= 0.3 is 5.97 Å². The van der Waals surface area contributed by atoms with Gasteiger partial charge in [-0.1, -0.05) is 0 Å². The van der Waals surface area contributed by atoms with E-state index in [4.69, 9.17) is 14.2 Å². The van der Waals surface area contributed by atoms with Gasteiger partial charge in [0.15, 0.2) is 11.5 Å². The van der Waals surface area contributed by atoms with Gasteiger partial charge in [0.05, 0.1) is 32.7 Å². The molecule has 0 saturated heterocycles. The second kappa shape index (κ2) is 8.26. The minimum atomic E-state index is -1.19. The molecule has 0 fully saturated rings. The van der Waals surface area contributed by atoms with E-state index < -0.39 is 17.7 Å². The number of carboxylic acid groups (broad SMARTS) is 1. The lowest BCUT2D eigenvalue weighted by Crippen LogP contribution is -2.26. The van der Waals surface area contributed by atoms with E-state index in [0.29, 0.717) is 34.2 Å². The van der Waals surface area contributed by atoms with Gasteiger partial charge in [-0.2, -0.15) is 0 Å². The minimum Gasteiger partial charge on any atom is -0.496 e. The Morgan fingerprint density at radius 2 is 1.69 bits per heavy atom. The summed E-state index contributed by atoms with van der Waals surface area (Å²) in [7, 11) is 4.50. The van der Waals surface area contributed by atoms with E-state index in [1.165, 1.54) is 39.7 Å². The summed E-state index contributed by atoms with van der Waals surface area (Å²) in [5, 5.41) is 12.4. The van der Waals surface area contributed by atoms with Gasteiger partial charge in [-0.25, -0.2) is 9.18 Å². The van der Waals surface area contributed by atoms with E-state index in [2.05, 4.69) is 5.32 Å². The van der Waals surface area contributed by atoms with E-state index in [1.807, 2.05) is 0 Å². The number of methoxy groups -OCH3 is 3. The maximum atomic E-state index is 13.5. The Kier molecular flexibility index (Phi) is 5.48. The topological polar surface area (TPSA) is 99.0 Å². The first-order chi connectivity index (χ1) is 15.4. The van der Waals surface area contributed by atoms with Crippen molar-refractivity contribution in [3.8, 4) is 22.9 Å². The Bertz CT molecular complexity index is 1200. The zero-order valence-electron chi connectivity index (χ0n) is 17.6. The van der Waals surface area contributed by atoms with Crippen LogP contribution in [-0.2, 0) is 4.79 Å². The molecule has 0 spiro atoms. The molecular weight excluding hydrogens is 419 g/mol. The predicted octanol–water partition coefficient (Wildman–Crippen LogP) is 3.81. The second-order valence-corrected chi connectivity index (χ2v) is 7.21. The molecule has 8 nitrogen and oxygen atoms in total. The summed E-state index contributed by atoms with van der Waals surface area (Å²) in [4.78, 5) is 24.5. The van der Waals surface area contributed by atoms with Gasteiger partial charge < -0.3 is 29.2 Å². The molecule has 3 aromatic rings. The Hall–Kier alpha value is -4.01. The molecule has 0 bridgehead atoms. The van der Waals surface area contributed by atoms with Crippen molar-refractivity contribution in [1.29, 1.82) is 0 Å². The number of aromatic nitrogens is 1. The van der Waals surface area contributed by atoms with Crippen molar-refractivity contribution in [2.45, 2.75) is 12.3 Å². The number of benzene rings is 2. The average Bonchev–Trinajstić information content (AvgIpc) is 3.17. The van der Waals surface area contributed by atoms with Gasteiger partial charge in [-0.05, 0) is 30.3 Å². The van der Waals surface area contributed by atoms with E-state index >= 15 is 0 Å². The zero-order valence-corrected chi connectivity index (χ0v) is 17.6. The first-order valence-electron chi connectivity index (χ1n) is 9.72. The Morgan fingerprint density at radius 1 is 1.06 bits per heavy atom. The third-order valence-corrected chi connectivity index (χ3v) is 5.47. The van der Waals surface area contributed by atoms with Crippen LogP contribution in [0.15, 0.2) is 42.6 Å².